The van der Waals surface area contributed by atoms with Crippen molar-refractivity contribution in [2.24, 2.45) is 0 Å². The predicted molar refractivity (Wildman–Crippen MR) is 89.2 cm³/mol. The van der Waals surface area contributed by atoms with E-state index in [2.05, 4.69) is 30.3 Å². The number of benzene rings is 2. The standard InChI is InChI=1S/C20H21NO2/c22-15-21-12-17-11-18(23-13-16-5-2-1-3-6-16)7-8-19(17)20(14-21)9-4-10-20/h1-3,5-8,11,15H,4,9-10,12-14H2. The lowest BCUT2D eigenvalue weighted by Gasteiger charge is -2.49. The molecule has 1 aliphatic carbocycles. The zero-order chi connectivity index (χ0) is 15.7. The van der Waals surface area contributed by atoms with Crippen molar-refractivity contribution in [3.05, 3.63) is 65.2 Å². The van der Waals surface area contributed by atoms with Crippen molar-refractivity contribution < 1.29 is 9.53 Å². The Bertz CT molecular complexity index is 707. The third-order valence-electron chi connectivity index (χ3n) is 5.24. The molecule has 2 aromatic rings. The van der Waals surface area contributed by atoms with Gasteiger partial charge >= 0.3 is 0 Å². The Balaban J connectivity index is 1.56. The molecule has 0 bridgehead atoms. The maximum absolute atomic E-state index is 11.3. The van der Waals surface area contributed by atoms with Crippen molar-refractivity contribution in [3.63, 3.8) is 0 Å². The monoisotopic (exact) mass is 307 g/mol. The highest BCUT2D eigenvalue weighted by Gasteiger charge is 2.44. The van der Waals surface area contributed by atoms with Gasteiger partial charge in [-0.25, -0.2) is 0 Å². The molecule has 1 saturated carbocycles. The van der Waals surface area contributed by atoms with Crippen LogP contribution in [0.3, 0.4) is 0 Å². The number of hydrogen-bond acceptors (Lipinski definition) is 2. The molecule has 1 spiro atoms. The molecule has 0 unspecified atom stereocenters. The molecule has 0 N–H and O–H groups in total. The van der Waals surface area contributed by atoms with Gasteiger partial charge in [-0.15, -0.1) is 0 Å². The smallest absolute Gasteiger partial charge is 0.210 e. The zero-order valence-electron chi connectivity index (χ0n) is 13.2. The molecular weight excluding hydrogens is 286 g/mol. The quantitative estimate of drug-likeness (QED) is 0.807. The summed E-state index contributed by atoms with van der Waals surface area (Å²) in [6.07, 6.45) is 4.63. The molecule has 1 amide bonds. The fourth-order valence-corrected chi connectivity index (χ4v) is 3.90. The summed E-state index contributed by atoms with van der Waals surface area (Å²) in [6, 6.07) is 16.6. The molecule has 118 valence electrons. The van der Waals surface area contributed by atoms with E-state index in [4.69, 9.17) is 4.74 Å². The van der Waals surface area contributed by atoms with Gasteiger partial charge < -0.3 is 9.64 Å². The molecule has 0 atom stereocenters. The molecule has 2 aromatic carbocycles. The molecule has 1 fully saturated rings. The van der Waals surface area contributed by atoms with Gasteiger partial charge in [0.15, 0.2) is 0 Å². The summed E-state index contributed by atoms with van der Waals surface area (Å²) in [7, 11) is 0. The van der Waals surface area contributed by atoms with E-state index in [1.807, 2.05) is 23.1 Å². The van der Waals surface area contributed by atoms with Crippen LogP contribution in [0.4, 0.5) is 0 Å². The largest absolute Gasteiger partial charge is 0.489 e. The highest BCUT2D eigenvalue weighted by molar-refractivity contribution is 5.53. The predicted octanol–water partition coefficient (Wildman–Crippen LogP) is 3.66. The minimum Gasteiger partial charge on any atom is -0.489 e. The third kappa shape index (κ3) is 2.61. The van der Waals surface area contributed by atoms with Gasteiger partial charge in [0, 0.05) is 18.5 Å². The van der Waals surface area contributed by atoms with E-state index >= 15 is 0 Å². The van der Waals surface area contributed by atoms with Crippen LogP contribution in [0.5, 0.6) is 5.75 Å². The molecule has 1 aliphatic heterocycles. The molecule has 2 aliphatic rings. The van der Waals surface area contributed by atoms with E-state index < -0.39 is 0 Å². The van der Waals surface area contributed by atoms with Crippen LogP contribution in [0.25, 0.3) is 0 Å². The number of hydrogen-bond donors (Lipinski definition) is 0. The van der Waals surface area contributed by atoms with Crippen molar-refractivity contribution in [2.75, 3.05) is 6.54 Å². The number of carbonyl (C=O) groups is 1. The molecule has 4 rings (SSSR count). The first-order valence-corrected chi connectivity index (χ1v) is 8.29. The summed E-state index contributed by atoms with van der Waals surface area (Å²) in [5.74, 6) is 0.884. The Kier molecular flexibility index (Phi) is 3.56. The summed E-state index contributed by atoms with van der Waals surface area (Å²) in [4.78, 5) is 13.2. The number of amides is 1. The van der Waals surface area contributed by atoms with E-state index in [0.717, 1.165) is 24.3 Å². The van der Waals surface area contributed by atoms with Crippen LogP contribution in [-0.2, 0) is 23.4 Å². The van der Waals surface area contributed by atoms with Crippen molar-refractivity contribution in [1.29, 1.82) is 0 Å². The maximum Gasteiger partial charge on any atom is 0.210 e. The highest BCUT2D eigenvalue weighted by atomic mass is 16.5. The molecule has 23 heavy (non-hydrogen) atoms. The summed E-state index contributed by atoms with van der Waals surface area (Å²) in [5, 5.41) is 0. The van der Waals surface area contributed by atoms with Crippen molar-refractivity contribution in [1.82, 2.24) is 4.90 Å². The van der Waals surface area contributed by atoms with E-state index in [9.17, 15) is 4.79 Å². The number of nitrogens with zero attached hydrogens (tertiary/aromatic N) is 1. The topological polar surface area (TPSA) is 29.5 Å². The van der Waals surface area contributed by atoms with Gasteiger partial charge in [-0.2, -0.15) is 0 Å². The second kappa shape index (κ2) is 5.73. The van der Waals surface area contributed by atoms with Gasteiger partial charge in [-0.05, 0) is 41.7 Å². The fourth-order valence-electron chi connectivity index (χ4n) is 3.90. The lowest BCUT2D eigenvalue weighted by Crippen LogP contribution is -2.49. The second-order valence-corrected chi connectivity index (χ2v) is 6.74. The number of rotatable bonds is 4. The Morgan fingerprint density at radius 2 is 1.96 bits per heavy atom. The average Bonchev–Trinajstić information content (AvgIpc) is 2.58. The second-order valence-electron chi connectivity index (χ2n) is 6.74. The van der Waals surface area contributed by atoms with Gasteiger partial charge in [0.05, 0.1) is 0 Å². The number of fused-ring (bicyclic) bond motifs is 2. The van der Waals surface area contributed by atoms with Crippen LogP contribution in [0.15, 0.2) is 48.5 Å². The molecule has 1 heterocycles. The lowest BCUT2D eigenvalue weighted by molar-refractivity contribution is -0.120. The molecule has 0 radical (unpaired) electrons. The van der Waals surface area contributed by atoms with E-state index in [-0.39, 0.29) is 5.41 Å². The summed E-state index contributed by atoms with van der Waals surface area (Å²) >= 11 is 0. The first-order valence-electron chi connectivity index (χ1n) is 8.29. The van der Waals surface area contributed by atoms with E-state index in [0.29, 0.717) is 13.2 Å². The van der Waals surface area contributed by atoms with Crippen molar-refractivity contribution in [2.45, 2.75) is 37.8 Å². The first-order chi connectivity index (χ1) is 11.3. The maximum atomic E-state index is 11.3. The number of ether oxygens (including phenoxy) is 1. The average molecular weight is 307 g/mol. The molecule has 3 heteroatoms. The number of carbonyl (C=O) groups excluding carboxylic acids is 1. The zero-order valence-corrected chi connectivity index (χ0v) is 13.2. The van der Waals surface area contributed by atoms with Crippen LogP contribution in [-0.4, -0.2) is 17.9 Å². The summed E-state index contributed by atoms with van der Waals surface area (Å²) in [6.45, 7) is 2.14. The highest BCUT2D eigenvalue weighted by Crippen LogP contribution is 2.48. The Morgan fingerprint density at radius 3 is 2.65 bits per heavy atom. The first kappa shape index (κ1) is 14.3. The van der Waals surface area contributed by atoms with Crippen LogP contribution in [0.1, 0.15) is 36.0 Å². The molecule has 0 aromatic heterocycles. The minimum absolute atomic E-state index is 0.201. The minimum atomic E-state index is 0.201. The Labute approximate surface area is 136 Å². The van der Waals surface area contributed by atoms with Crippen LogP contribution in [0.2, 0.25) is 0 Å². The third-order valence-corrected chi connectivity index (χ3v) is 5.24. The van der Waals surface area contributed by atoms with E-state index in [1.54, 1.807) is 0 Å². The lowest BCUT2D eigenvalue weighted by atomic mass is 9.61. The molecular formula is C20H21NO2. The van der Waals surface area contributed by atoms with Gasteiger partial charge in [0.1, 0.15) is 12.4 Å². The van der Waals surface area contributed by atoms with Crippen molar-refractivity contribution >= 4 is 6.41 Å². The SMILES string of the molecule is O=CN1Cc2cc(OCc3ccccc3)ccc2C2(CCC2)C1. The molecule has 3 nitrogen and oxygen atoms in total. The summed E-state index contributed by atoms with van der Waals surface area (Å²) < 4.78 is 5.94. The van der Waals surface area contributed by atoms with Crippen LogP contribution < -0.4 is 4.74 Å². The van der Waals surface area contributed by atoms with Crippen molar-refractivity contribution in [3.8, 4) is 5.75 Å². The Morgan fingerprint density at radius 1 is 1.13 bits per heavy atom. The van der Waals surface area contributed by atoms with Crippen LogP contribution in [0, 0.1) is 0 Å². The van der Waals surface area contributed by atoms with Gasteiger partial charge in [0.2, 0.25) is 6.41 Å². The summed E-state index contributed by atoms with van der Waals surface area (Å²) in [5.41, 5.74) is 4.03. The molecule has 0 saturated heterocycles. The Hall–Kier alpha value is -2.29. The van der Waals surface area contributed by atoms with Gasteiger partial charge in [-0.1, -0.05) is 42.8 Å². The fraction of sp³-hybridized carbons (Fsp3) is 0.350. The van der Waals surface area contributed by atoms with Crippen LogP contribution >= 0.6 is 0 Å². The van der Waals surface area contributed by atoms with Gasteiger partial charge in [0.25, 0.3) is 0 Å². The van der Waals surface area contributed by atoms with E-state index in [1.165, 1.54) is 30.4 Å². The normalized spacial score (nSPS) is 18.2. The van der Waals surface area contributed by atoms with Gasteiger partial charge in [-0.3, -0.25) is 4.79 Å².